The van der Waals surface area contributed by atoms with E-state index < -0.39 is 17.6 Å². The summed E-state index contributed by atoms with van der Waals surface area (Å²) in [5.41, 5.74) is 10.0. The van der Waals surface area contributed by atoms with E-state index >= 15 is 0 Å². The Morgan fingerprint density at radius 3 is 2.53 bits per heavy atom. The number of aliphatic imine (C=N–C) groups is 1. The van der Waals surface area contributed by atoms with Crippen LogP contribution >= 0.6 is 11.3 Å². The number of rotatable bonds is 3. The molecule has 4 rings (SSSR count). The van der Waals surface area contributed by atoms with Gasteiger partial charge in [0.2, 0.25) is 0 Å². The van der Waals surface area contributed by atoms with Gasteiger partial charge in [-0.1, -0.05) is 24.0 Å². The monoisotopic (exact) mass is 447 g/mol. The highest BCUT2D eigenvalue weighted by atomic mass is 32.1. The molecule has 7 nitrogen and oxygen atoms in total. The van der Waals surface area contributed by atoms with Crippen LogP contribution in [-0.2, 0) is 4.79 Å². The van der Waals surface area contributed by atoms with Gasteiger partial charge < -0.3 is 10.8 Å². The van der Waals surface area contributed by atoms with Gasteiger partial charge in [0, 0.05) is 21.6 Å². The van der Waals surface area contributed by atoms with Crippen molar-refractivity contribution >= 4 is 23.0 Å². The van der Waals surface area contributed by atoms with Crippen LogP contribution in [0.15, 0.2) is 29.3 Å². The topological polar surface area (TPSA) is 106 Å². The number of aromatic nitrogens is 3. The average Bonchev–Trinajstić information content (AvgIpc) is 3.18. The van der Waals surface area contributed by atoms with Crippen LogP contribution in [0.3, 0.4) is 0 Å². The Kier molecular flexibility index (Phi) is 5.49. The highest BCUT2D eigenvalue weighted by Gasteiger charge is 2.32. The summed E-state index contributed by atoms with van der Waals surface area (Å²) in [6, 6.07) is 7.18. The van der Waals surface area contributed by atoms with E-state index in [1.807, 2.05) is 49.6 Å². The predicted octanol–water partition coefficient (Wildman–Crippen LogP) is 3.71. The second-order valence-corrected chi connectivity index (χ2v) is 9.75. The van der Waals surface area contributed by atoms with Crippen molar-refractivity contribution in [2.75, 3.05) is 0 Å². The minimum atomic E-state index is -0.932. The lowest BCUT2D eigenvalue weighted by atomic mass is 9.98. The number of carboxylic acid groups (broad SMARTS) is 1. The number of carbonyl (C=O) groups is 1. The van der Waals surface area contributed by atoms with Crippen molar-refractivity contribution in [2.45, 2.75) is 52.6 Å². The van der Waals surface area contributed by atoms with Crippen LogP contribution in [0, 0.1) is 32.6 Å². The Labute approximate surface area is 191 Å². The second-order valence-electron chi connectivity index (χ2n) is 8.54. The molecule has 1 atom stereocenters. The zero-order chi connectivity index (χ0) is 23.2. The Morgan fingerprint density at radius 2 is 1.91 bits per heavy atom. The van der Waals surface area contributed by atoms with Gasteiger partial charge in [-0.15, -0.1) is 21.5 Å². The largest absolute Gasteiger partial charge is 0.481 e. The molecule has 0 saturated carbocycles. The summed E-state index contributed by atoms with van der Waals surface area (Å²) in [6.07, 6.45) is -0.163. The van der Waals surface area contributed by atoms with E-state index in [0.717, 1.165) is 33.0 Å². The molecule has 0 amide bonds. The number of thiophene rings is 1. The second kappa shape index (κ2) is 8.01. The van der Waals surface area contributed by atoms with Gasteiger partial charge in [0.1, 0.15) is 16.9 Å². The Balaban J connectivity index is 1.90. The van der Waals surface area contributed by atoms with Crippen molar-refractivity contribution in [2.24, 2.45) is 10.7 Å². The van der Waals surface area contributed by atoms with Crippen LogP contribution < -0.4 is 5.73 Å². The maximum atomic E-state index is 11.6. The van der Waals surface area contributed by atoms with E-state index in [9.17, 15) is 9.90 Å². The summed E-state index contributed by atoms with van der Waals surface area (Å²) in [7, 11) is 0. The fourth-order valence-electron chi connectivity index (χ4n) is 3.63. The summed E-state index contributed by atoms with van der Waals surface area (Å²) >= 11 is 1.64. The van der Waals surface area contributed by atoms with E-state index in [-0.39, 0.29) is 6.42 Å². The molecule has 1 aromatic carbocycles. The van der Waals surface area contributed by atoms with E-state index in [0.29, 0.717) is 11.6 Å². The van der Waals surface area contributed by atoms with Gasteiger partial charge in [0.25, 0.3) is 0 Å². The summed E-state index contributed by atoms with van der Waals surface area (Å²) in [5.74, 6) is 6.47. The van der Waals surface area contributed by atoms with E-state index in [4.69, 9.17) is 10.7 Å². The molecule has 0 fully saturated rings. The van der Waals surface area contributed by atoms with Crippen LogP contribution in [0.2, 0.25) is 0 Å². The normalized spacial score (nSPS) is 15.2. The highest BCUT2D eigenvalue weighted by molar-refractivity contribution is 7.15. The number of aliphatic carboxylic acids is 1. The minimum Gasteiger partial charge on any atom is -0.481 e. The van der Waals surface area contributed by atoms with Crippen LogP contribution in [0.4, 0.5) is 0 Å². The maximum absolute atomic E-state index is 11.6. The maximum Gasteiger partial charge on any atom is 0.306 e. The van der Waals surface area contributed by atoms with Crippen LogP contribution in [0.5, 0.6) is 0 Å². The van der Waals surface area contributed by atoms with E-state index in [1.54, 1.807) is 11.3 Å². The van der Waals surface area contributed by atoms with Gasteiger partial charge in [-0.3, -0.25) is 14.4 Å². The number of carboxylic acids is 1. The van der Waals surface area contributed by atoms with Gasteiger partial charge in [-0.2, -0.15) is 0 Å². The first-order valence-corrected chi connectivity index (χ1v) is 11.1. The molecule has 0 bridgehead atoms. The zero-order valence-corrected chi connectivity index (χ0v) is 19.5. The van der Waals surface area contributed by atoms with Crippen molar-refractivity contribution in [1.82, 2.24) is 14.8 Å². The molecule has 8 heteroatoms. The molecule has 32 heavy (non-hydrogen) atoms. The molecular formula is C24H25N5O2S. The molecule has 0 radical (unpaired) electrons. The van der Waals surface area contributed by atoms with Gasteiger partial charge in [-0.05, 0) is 52.3 Å². The molecule has 3 aromatic rings. The van der Waals surface area contributed by atoms with Crippen molar-refractivity contribution in [1.29, 1.82) is 0 Å². The molecule has 1 aliphatic rings. The third kappa shape index (κ3) is 4.09. The lowest BCUT2D eigenvalue weighted by Crippen LogP contribution is -2.29. The molecule has 3 heterocycles. The molecule has 3 N–H and O–H groups in total. The molecular weight excluding hydrogens is 422 g/mol. The predicted molar refractivity (Wildman–Crippen MR) is 126 cm³/mol. The van der Waals surface area contributed by atoms with E-state index in [1.165, 1.54) is 4.88 Å². The molecule has 0 spiro atoms. The number of hydrogen-bond acceptors (Lipinski definition) is 6. The highest BCUT2D eigenvalue weighted by Crippen LogP contribution is 2.39. The van der Waals surface area contributed by atoms with Crippen molar-refractivity contribution < 1.29 is 9.90 Å². The number of nitrogens with zero attached hydrogens (tertiary/aromatic N) is 4. The third-order valence-electron chi connectivity index (χ3n) is 5.29. The fraction of sp³-hybridized carbons (Fsp3) is 0.333. The minimum absolute atomic E-state index is 0.163. The van der Waals surface area contributed by atoms with Gasteiger partial charge in [-0.25, -0.2) is 0 Å². The quantitative estimate of drug-likeness (QED) is 0.595. The van der Waals surface area contributed by atoms with Crippen molar-refractivity contribution in [3.63, 3.8) is 0 Å². The van der Waals surface area contributed by atoms with Crippen molar-refractivity contribution in [3.8, 4) is 16.8 Å². The fourth-order valence-corrected chi connectivity index (χ4v) is 4.85. The van der Waals surface area contributed by atoms with Crippen molar-refractivity contribution in [3.05, 3.63) is 63.0 Å². The molecule has 0 aliphatic carbocycles. The van der Waals surface area contributed by atoms with Gasteiger partial charge in [0.15, 0.2) is 5.82 Å². The Hall–Kier alpha value is -3.28. The standard InChI is InChI=1S/C24H25N5O2S/c1-13-14(2)32-23-20(13)21(17-8-6-16(7-9-17)10-11-24(4,5)25)26-18(12-19(30)31)22-28-27-15(3)29(22)23/h6-9,18H,12,25H2,1-5H3,(H,30,31)/t18-/m0/s1. The molecule has 164 valence electrons. The molecule has 0 unspecified atom stereocenters. The molecule has 2 aromatic heterocycles. The summed E-state index contributed by atoms with van der Waals surface area (Å²) in [6.45, 7) is 9.75. The SMILES string of the molecule is Cc1sc2c(c1C)C(c1ccc(C#CC(C)(C)N)cc1)=N[C@@H](CC(=O)O)c1nnc(C)n1-2. The number of aryl methyl sites for hydroxylation is 2. The third-order valence-corrected chi connectivity index (χ3v) is 6.49. The van der Waals surface area contributed by atoms with Crippen LogP contribution in [0.25, 0.3) is 5.00 Å². The number of fused-ring (bicyclic) bond motifs is 3. The zero-order valence-electron chi connectivity index (χ0n) is 18.7. The average molecular weight is 448 g/mol. The number of hydrogen-bond donors (Lipinski definition) is 2. The van der Waals surface area contributed by atoms with Gasteiger partial charge >= 0.3 is 5.97 Å². The Bertz CT molecular complexity index is 1300. The lowest BCUT2D eigenvalue weighted by molar-refractivity contribution is -0.137. The Morgan fingerprint density at radius 1 is 1.22 bits per heavy atom. The lowest BCUT2D eigenvalue weighted by Gasteiger charge is -2.11. The summed E-state index contributed by atoms with van der Waals surface area (Å²) in [4.78, 5) is 17.7. The number of nitrogens with two attached hydrogens (primary N) is 1. The smallest absolute Gasteiger partial charge is 0.306 e. The summed E-state index contributed by atoms with van der Waals surface area (Å²) in [5, 5.41) is 19.0. The van der Waals surface area contributed by atoms with Crippen LogP contribution in [0.1, 0.15) is 65.1 Å². The first-order chi connectivity index (χ1) is 15.0. The molecule has 1 aliphatic heterocycles. The first kappa shape index (κ1) is 21.9. The summed E-state index contributed by atoms with van der Waals surface area (Å²) < 4.78 is 1.95. The van der Waals surface area contributed by atoms with E-state index in [2.05, 4.69) is 35.9 Å². The van der Waals surface area contributed by atoms with Crippen LogP contribution in [-0.4, -0.2) is 37.1 Å². The first-order valence-electron chi connectivity index (χ1n) is 10.3. The number of benzene rings is 1. The van der Waals surface area contributed by atoms with Gasteiger partial charge in [0.05, 0.1) is 17.7 Å². The molecule has 0 saturated heterocycles.